The van der Waals surface area contributed by atoms with E-state index in [9.17, 15) is 0 Å². The van der Waals surface area contributed by atoms with Crippen LogP contribution in [-0.2, 0) is 11.3 Å². The number of aromatic nitrogens is 2. The van der Waals surface area contributed by atoms with Crippen molar-refractivity contribution in [1.82, 2.24) is 9.97 Å². The van der Waals surface area contributed by atoms with Gasteiger partial charge in [-0.1, -0.05) is 30.3 Å². The van der Waals surface area contributed by atoms with Crippen molar-refractivity contribution >= 4 is 33.3 Å². The van der Waals surface area contributed by atoms with Crippen molar-refractivity contribution in [3.8, 4) is 0 Å². The molecule has 0 radical (unpaired) electrons. The molecule has 0 unspecified atom stereocenters. The Hall–Kier alpha value is -1.17. The fourth-order valence-corrected chi connectivity index (χ4v) is 3.13. The van der Waals surface area contributed by atoms with E-state index in [2.05, 4.69) is 43.3 Å². The molecule has 22 heavy (non-hydrogen) atoms. The molecule has 3 rings (SSSR count). The van der Waals surface area contributed by atoms with Gasteiger partial charge in [-0.25, -0.2) is 4.98 Å². The van der Waals surface area contributed by atoms with Crippen molar-refractivity contribution in [3.63, 3.8) is 0 Å². The van der Waals surface area contributed by atoms with E-state index in [-0.39, 0.29) is 17.4 Å². The van der Waals surface area contributed by atoms with Crippen LogP contribution in [0.2, 0.25) is 5.28 Å². The summed E-state index contributed by atoms with van der Waals surface area (Å²) in [4.78, 5) is 8.17. The first kappa shape index (κ1) is 15.7. The van der Waals surface area contributed by atoms with Crippen LogP contribution in [-0.4, -0.2) is 22.1 Å². The molecule has 0 spiro atoms. The molecule has 1 aromatic heterocycles. The number of ether oxygens (including phenoxy) is 1. The Morgan fingerprint density at radius 1 is 1.27 bits per heavy atom. The summed E-state index contributed by atoms with van der Waals surface area (Å²) >= 11 is 9.31. The average Bonchev–Trinajstić information content (AvgIpc) is 2.97. The molecule has 0 amide bonds. The predicted molar refractivity (Wildman–Crippen MR) is 91.0 cm³/mol. The Morgan fingerprint density at radius 2 is 2.09 bits per heavy atom. The van der Waals surface area contributed by atoms with Crippen LogP contribution < -0.4 is 5.32 Å². The molecule has 0 bridgehead atoms. The molecule has 1 aliphatic rings. The maximum Gasteiger partial charge on any atom is 0.224 e. The van der Waals surface area contributed by atoms with Crippen LogP contribution in [0.1, 0.15) is 24.8 Å². The maximum absolute atomic E-state index is 6.09. The molecule has 1 heterocycles. The van der Waals surface area contributed by atoms with E-state index in [1.807, 2.05) is 18.2 Å². The summed E-state index contributed by atoms with van der Waals surface area (Å²) < 4.78 is 6.90. The SMILES string of the molecule is Clc1ncc(Br)c(N[C@@H]2CCC[C@H]2OCc2ccccc2)n1. The summed E-state index contributed by atoms with van der Waals surface area (Å²) in [6.07, 6.45) is 5.11. The van der Waals surface area contributed by atoms with E-state index in [1.165, 1.54) is 5.56 Å². The van der Waals surface area contributed by atoms with Crippen LogP contribution in [0.15, 0.2) is 41.0 Å². The third-order valence-corrected chi connectivity index (χ3v) is 4.56. The second kappa shape index (κ2) is 7.40. The van der Waals surface area contributed by atoms with Crippen LogP contribution in [0.5, 0.6) is 0 Å². The van der Waals surface area contributed by atoms with Gasteiger partial charge in [0.2, 0.25) is 5.28 Å². The van der Waals surface area contributed by atoms with Crippen molar-refractivity contribution in [3.05, 3.63) is 51.8 Å². The number of halogens is 2. The lowest BCUT2D eigenvalue weighted by Crippen LogP contribution is -2.31. The highest BCUT2D eigenvalue weighted by Crippen LogP contribution is 2.28. The van der Waals surface area contributed by atoms with E-state index in [4.69, 9.17) is 16.3 Å². The number of nitrogens with zero attached hydrogens (tertiary/aromatic N) is 2. The fraction of sp³-hybridized carbons (Fsp3) is 0.375. The summed E-state index contributed by atoms with van der Waals surface area (Å²) in [5.41, 5.74) is 1.19. The lowest BCUT2D eigenvalue weighted by Gasteiger charge is -2.22. The first-order valence-electron chi connectivity index (χ1n) is 7.32. The van der Waals surface area contributed by atoms with Gasteiger partial charge in [-0.3, -0.25) is 0 Å². The Balaban J connectivity index is 1.62. The molecule has 1 aliphatic carbocycles. The van der Waals surface area contributed by atoms with Crippen molar-refractivity contribution < 1.29 is 4.74 Å². The Kier molecular flexibility index (Phi) is 5.28. The molecule has 116 valence electrons. The molecule has 1 N–H and O–H groups in total. The smallest absolute Gasteiger partial charge is 0.224 e. The van der Waals surface area contributed by atoms with Crippen LogP contribution in [0.4, 0.5) is 5.82 Å². The predicted octanol–water partition coefficient (Wildman–Crippen LogP) is 4.44. The van der Waals surface area contributed by atoms with Crippen molar-refractivity contribution in [1.29, 1.82) is 0 Å². The Bertz CT molecular complexity index is 626. The molecular formula is C16H17BrClN3O. The highest BCUT2D eigenvalue weighted by Gasteiger charge is 2.28. The first-order valence-corrected chi connectivity index (χ1v) is 8.49. The van der Waals surface area contributed by atoms with Gasteiger partial charge in [-0.15, -0.1) is 0 Å². The number of nitrogens with one attached hydrogen (secondary N) is 1. The van der Waals surface area contributed by atoms with Crippen molar-refractivity contribution in [2.45, 2.75) is 38.0 Å². The third-order valence-electron chi connectivity index (χ3n) is 3.80. The van der Waals surface area contributed by atoms with Crippen LogP contribution in [0.25, 0.3) is 0 Å². The second-order valence-electron chi connectivity index (χ2n) is 5.35. The van der Waals surface area contributed by atoms with E-state index in [0.717, 1.165) is 29.6 Å². The molecular weight excluding hydrogens is 366 g/mol. The number of hydrogen-bond donors (Lipinski definition) is 1. The number of benzene rings is 1. The highest BCUT2D eigenvalue weighted by atomic mass is 79.9. The molecule has 1 saturated carbocycles. The molecule has 0 aliphatic heterocycles. The zero-order chi connectivity index (χ0) is 15.4. The minimum absolute atomic E-state index is 0.181. The highest BCUT2D eigenvalue weighted by molar-refractivity contribution is 9.10. The fourth-order valence-electron chi connectivity index (χ4n) is 2.69. The van der Waals surface area contributed by atoms with Gasteiger partial charge in [0.05, 0.1) is 23.2 Å². The number of anilines is 1. The molecule has 4 nitrogen and oxygen atoms in total. The van der Waals surface area contributed by atoms with Crippen molar-refractivity contribution in [2.24, 2.45) is 0 Å². The largest absolute Gasteiger partial charge is 0.371 e. The average molecular weight is 383 g/mol. The number of hydrogen-bond acceptors (Lipinski definition) is 4. The monoisotopic (exact) mass is 381 g/mol. The third kappa shape index (κ3) is 3.97. The van der Waals surface area contributed by atoms with Crippen molar-refractivity contribution in [2.75, 3.05) is 5.32 Å². The first-order chi connectivity index (χ1) is 10.7. The van der Waals surface area contributed by atoms with Gasteiger partial charge in [0, 0.05) is 6.20 Å². The van der Waals surface area contributed by atoms with Gasteiger partial charge < -0.3 is 10.1 Å². The zero-order valence-corrected chi connectivity index (χ0v) is 14.3. The standard InChI is InChI=1S/C16H17BrClN3O/c17-12-9-19-16(18)21-15(12)20-13-7-4-8-14(13)22-10-11-5-2-1-3-6-11/h1-3,5-6,9,13-14H,4,7-8,10H2,(H,19,20,21)/t13-,14-/m1/s1. The van der Waals surface area contributed by atoms with Gasteiger partial charge in [-0.2, -0.15) is 4.98 Å². The minimum atomic E-state index is 0.181. The van der Waals surface area contributed by atoms with Gasteiger partial charge >= 0.3 is 0 Å². The van der Waals surface area contributed by atoms with Gasteiger partial charge in [0.1, 0.15) is 5.82 Å². The molecule has 2 aromatic rings. The van der Waals surface area contributed by atoms with Crippen LogP contribution in [0.3, 0.4) is 0 Å². The van der Waals surface area contributed by atoms with Gasteiger partial charge in [0.15, 0.2) is 0 Å². The van der Waals surface area contributed by atoms with Crippen LogP contribution in [0, 0.1) is 0 Å². The lowest BCUT2D eigenvalue weighted by atomic mass is 10.2. The second-order valence-corrected chi connectivity index (χ2v) is 6.54. The summed E-state index contributed by atoms with van der Waals surface area (Å²) in [5, 5.41) is 3.67. The summed E-state index contributed by atoms with van der Waals surface area (Å²) in [5.74, 6) is 0.722. The van der Waals surface area contributed by atoms with Crippen LogP contribution >= 0.6 is 27.5 Å². The zero-order valence-electron chi connectivity index (χ0n) is 12.0. The molecule has 1 aromatic carbocycles. The number of rotatable bonds is 5. The molecule has 2 atom stereocenters. The topological polar surface area (TPSA) is 47.0 Å². The minimum Gasteiger partial charge on any atom is -0.371 e. The summed E-state index contributed by atoms with van der Waals surface area (Å²) in [6, 6.07) is 10.5. The van der Waals surface area contributed by atoms with Gasteiger partial charge in [0.25, 0.3) is 0 Å². The van der Waals surface area contributed by atoms with E-state index < -0.39 is 0 Å². The quantitative estimate of drug-likeness (QED) is 0.777. The summed E-state index contributed by atoms with van der Waals surface area (Å²) in [6.45, 7) is 0.634. The molecule has 0 saturated heterocycles. The lowest BCUT2D eigenvalue weighted by molar-refractivity contribution is 0.0394. The normalized spacial score (nSPS) is 21.0. The summed E-state index contributed by atoms with van der Waals surface area (Å²) in [7, 11) is 0. The Morgan fingerprint density at radius 3 is 2.91 bits per heavy atom. The maximum atomic E-state index is 6.09. The van der Waals surface area contributed by atoms with E-state index in [0.29, 0.717) is 6.61 Å². The molecule has 1 fully saturated rings. The van der Waals surface area contributed by atoms with E-state index in [1.54, 1.807) is 6.20 Å². The Labute approximate surface area is 143 Å². The van der Waals surface area contributed by atoms with Gasteiger partial charge in [-0.05, 0) is 52.4 Å². The van der Waals surface area contributed by atoms with E-state index >= 15 is 0 Å². The molecule has 6 heteroatoms.